The fraction of sp³-hybridized carbons (Fsp3) is 0.647. The minimum atomic E-state index is 0.450. The minimum Gasteiger partial charge on any atom is -0.375 e. The van der Waals surface area contributed by atoms with Gasteiger partial charge in [0.25, 0.3) is 0 Å². The molecule has 2 aliphatic heterocycles. The van der Waals surface area contributed by atoms with E-state index in [4.69, 9.17) is 4.74 Å². The number of aryl methyl sites for hydroxylation is 1. The van der Waals surface area contributed by atoms with Crippen molar-refractivity contribution in [3.63, 3.8) is 0 Å². The summed E-state index contributed by atoms with van der Waals surface area (Å²) in [5, 5.41) is 3.52. The van der Waals surface area contributed by atoms with Crippen LogP contribution in [0.4, 0.5) is 0 Å². The van der Waals surface area contributed by atoms with E-state index in [-0.39, 0.29) is 0 Å². The molecule has 4 atom stereocenters. The third-order valence-corrected chi connectivity index (χ3v) is 4.77. The molecular weight excluding hydrogens is 234 g/mol. The molecule has 1 aromatic carbocycles. The van der Waals surface area contributed by atoms with Crippen LogP contribution in [-0.2, 0) is 11.2 Å². The summed E-state index contributed by atoms with van der Waals surface area (Å²) in [6.07, 6.45) is 7.17. The second-order valence-corrected chi connectivity index (χ2v) is 6.03. The lowest BCUT2D eigenvalue weighted by Crippen LogP contribution is -2.31. The first-order chi connectivity index (χ1) is 9.31. The molecule has 1 N–H and O–H groups in total. The predicted octanol–water partition coefficient (Wildman–Crippen LogP) is 3.47. The number of hydrogen-bond acceptors (Lipinski definition) is 2. The van der Waals surface area contributed by atoms with Gasteiger partial charge in [0.15, 0.2) is 0 Å². The third-order valence-electron chi connectivity index (χ3n) is 4.77. The van der Waals surface area contributed by atoms with Gasteiger partial charge < -0.3 is 10.1 Å². The van der Waals surface area contributed by atoms with Crippen molar-refractivity contribution in [2.75, 3.05) is 7.05 Å². The lowest BCUT2D eigenvalue weighted by atomic mass is 9.81. The molecule has 0 saturated carbocycles. The largest absolute Gasteiger partial charge is 0.375 e. The molecule has 104 valence electrons. The van der Waals surface area contributed by atoms with Crippen molar-refractivity contribution in [3.8, 4) is 0 Å². The number of fused-ring (bicyclic) bond motifs is 2. The van der Waals surface area contributed by atoms with Crippen molar-refractivity contribution in [1.29, 1.82) is 0 Å². The lowest BCUT2D eigenvalue weighted by Gasteiger charge is -2.28. The van der Waals surface area contributed by atoms with Crippen molar-refractivity contribution < 1.29 is 4.74 Å². The van der Waals surface area contributed by atoms with E-state index >= 15 is 0 Å². The van der Waals surface area contributed by atoms with Crippen LogP contribution < -0.4 is 5.32 Å². The zero-order chi connectivity index (χ0) is 13.2. The van der Waals surface area contributed by atoms with Crippen LogP contribution in [-0.4, -0.2) is 19.3 Å². The SMILES string of the molecule is CCCc1ccc(C(NC)C2CC3CCC2O3)cc1. The summed E-state index contributed by atoms with van der Waals surface area (Å²) in [5.41, 5.74) is 2.87. The minimum absolute atomic E-state index is 0.450. The van der Waals surface area contributed by atoms with Crippen LogP contribution in [0, 0.1) is 5.92 Å². The Labute approximate surface area is 116 Å². The Balaban J connectivity index is 1.74. The Bertz CT molecular complexity index is 414. The molecule has 2 fully saturated rings. The number of rotatable bonds is 5. The Morgan fingerprint density at radius 1 is 1.26 bits per heavy atom. The standard InChI is InChI=1S/C17H25NO/c1-3-4-12-5-7-13(8-6-12)17(18-2)15-11-14-9-10-16(15)19-14/h5-8,14-18H,3-4,9-11H2,1-2H3. The zero-order valence-electron chi connectivity index (χ0n) is 12.1. The van der Waals surface area contributed by atoms with Crippen molar-refractivity contribution in [2.24, 2.45) is 5.92 Å². The van der Waals surface area contributed by atoms with Crippen LogP contribution in [0.25, 0.3) is 0 Å². The molecule has 0 amide bonds. The van der Waals surface area contributed by atoms with Crippen LogP contribution in [0.15, 0.2) is 24.3 Å². The summed E-state index contributed by atoms with van der Waals surface area (Å²) in [5.74, 6) is 0.653. The van der Waals surface area contributed by atoms with Gasteiger partial charge in [-0.3, -0.25) is 0 Å². The van der Waals surface area contributed by atoms with E-state index in [0.29, 0.717) is 24.2 Å². The first kappa shape index (κ1) is 13.1. The molecule has 0 spiro atoms. The molecule has 0 radical (unpaired) electrons. The molecular formula is C17H25NO. The summed E-state index contributed by atoms with van der Waals surface area (Å²) in [6, 6.07) is 9.64. The van der Waals surface area contributed by atoms with Crippen molar-refractivity contribution in [1.82, 2.24) is 5.32 Å². The average molecular weight is 259 g/mol. The number of benzene rings is 1. The number of nitrogens with one attached hydrogen (secondary N) is 1. The highest BCUT2D eigenvalue weighted by Crippen LogP contribution is 2.44. The van der Waals surface area contributed by atoms with Crippen LogP contribution in [0.2, 0.25) is 0 Å². The molecule has 19 heavy (non-hydrogen) atoms. The smallest absolute Gasteiger partial charge is 0.0627 e. The monoisotopic (exact) mass is 259 g/mol. The van der Waals surface area contributed by atoms with Gasteiger partial charge in [0.2, 0.25) is 0 Å². The molecule has 2 nitrogen and oxygen atoms in total. The van der Waals surface area contributed by atoms with Crippen LogP contribution >= 0.6 is 0 Å². The molecule has 1 aromatic rings. The Morgan fingerprint density at radius 3 is 2.58 bits per heavy atom. The second kappa shape index (κ2) is 5.64. The average Bonchev–Trinajstić information content (AvgIpc) is 3.05. The summed E-state index contributed by atoms with van der Waals surface area (Å²) in [6.45, 7) is 2.23. The summed E-state index contributed by atoms with van der Waals surface area (Å²) in [4.78, 5) is 0. The molecule has 3 rings (SSSR count). The molecule has 2 aliphatic rings. The molecule has 4 unspecified atom stereocenters. The zero-order valence-corrected chi connectivity index (χ0v) is 12.1. The number of ether oxygens (including phenoxy) is 1. The van der Waals surface area contributed by atoms with Gasteiger partial charge in [-0.05, 0) is 43.9 Å². The van der Waals surface area contributed by atoms with Gasteiger partial charge in [0.05, 0.1) is 12.2 Å². The third kappa shape index (κ3) is 2.56. The van der Waals surface area contributed by atoms with Crippen LogP contribution in [0.5, 0.6) is 0 Å². The van der Waals surface area contributed by atoms with Crippen molar-refractivity contribution >= 4 is 0 Å². The highest BCUT2D eigenvalue weighted by molar-refractivity contribution is 5.26. The number of hydrogen-bond donors (Lipinski definition) is 1. The Kier molecular flexibility index (Phi) is 3.90. The maximum absolute atomic E-state index is 6.01. The van der Waals surface area contributed by atoms with Gasteiger partial charge in [-0.25, -0.2) is 0 Å². The van der Waals surface area contributed by atoms with Gasteiger partial charge in [0, 0.05) is 12.0 Å². The molecule has 2 bridgehead atoms. The molecule has 0 aliphatic carbocycles. The van der Waals surface area contributed by atoms with Crippen molar-refractivity contribution in [3.05, 3.63) is 35.4 Å². The highest BCUT2D eigenvalue weighted by atomic mass is 16.5. The predicted molar refractivity (Wildman–Crippen MR) is 78.2 cm³/mol. The van der Waals surface area contributed by atoms with Gasteiger partial charge >= 0.3 is 0 Å². The van der Waals surface area contributed by atoms with E-state index in [1.165, 1.54) is 43.2 Å². The highest BCUT2D eigenvalue weighted by Gasteiger charge is 2.44. The second-order valence-electron chi connectivity index (χ2n) is 6.03. The van der Waals surface area contributed by atoms with Crippen molar-refractivity contribution in [2.45, 2.75) is 57.3 Å². The van der Waals surface area contributed by atoms with Gasteiger partial charge in [0.1, 0.15) is 0 Å². The van der Waals surface area contributed by atoms with Gasteiger partial charge in [-0.2, -0.15) is 0 Å². The topological polar surface area (TPSA) is 21.3 Å². The molecule has 2 heteroatoms. The summed E-state index contributed by atoms with van der Waals surface area (Å²) < 4.78 is 6.01. The maximum atomic E-state index is 6.01. The summed E-state index contributed by atoms with van der Waals surface area (Å²) in [7, 11) is 2.08. The lowest BCUT2D eigenvalue weighted by molar-refractivity contribution is 0.0863. The Morgan fingerprint density at radius 2 is 2.05 bits per heavy atom. The molecule has 2 saturated heterocycles. The molecule has 0 aromatic heterocycles. The quantitative estimate of drug-likeness (QED) is 0.874. The normalized spacial score (nSPS) is 30.7. The molecule has 2 heterocycles. The van der Waals surface area contributed by atoms with Gasteiger partial charge in [-0.15, -0.1) is 0 Å². The van der Waals surface area contributed by atoms with E-state index < -0.39 is 0 Å². The summed E-state index contributed by atoms with van der Waals surface area (Å²) >= 11 is 0. The van der Waals surface area contributed by atoms with E-state index in [9.17, 15) is 0 Å². The van der Waals surface area contributed by atoms with E-state index in [0.717, 1.165) is 0 Å². The van der Waals surface area contributed by atoms with Crippen LogP contribution in [0.1, 0.15) is 49.8 Å². The van der Waals surface area contributed by atoms with E-state index in [1.807, 2.05) is 0 Å². The Hall–Kier alpha value is -0.860. The first-order valence-electron chi connectivity index (χ1n) is 7.73. The maximum Gasteiger partial charge on any atom is 0.0627 e. The fourth-order valence-electron chi connectivity index (χ4n) is 3.84. The van der Waals surface area contributed by atoms with Gasteiger partial charge in [-0.1, -0.05) is 37.6 Å². The van der Waals surface area contributed by atoms with E-state index in [2.05, 4.69) is 43.6 Å². The van der Waals surface area contributed by atoms with Crippen LogP contribution in [0.3, 0.4) is 0 Å². The first-order valence-corrected chi connectivity index (χ1v) is 7.73. The van der Waals surface area contributed by atoms with E-state index in [1.54, 1.807) is 0 Å². The fourth-order valence-corrected chi connectivity index (χ4v) is 3.84.